The SMILES string of the molecule is Cc1cc(-c2cccc(CS(C)(=O)=O)c2)c(Cl)cc1C1=C(O)C2(CCN(C(=O)OCc3ccccc3)CC2)OC1=O. The molecule has 0 bridgehead atoms. The van der Waals surface area contributed by atoms with Crippen LogP contribution in [0.5, 0.6) is 0 Å². The lowest BCUT2D eigenvalue weighted by molar-refractivity contribution is -0.150. The molecule has 2 aliphatic heterocycles. The first-order valence-electron chi connectivity index (χ1n) is 13.2. The van der Waals surface area contributed by atoms with Crippen molar-refractivity contribution >= 4 is 39.1 Å². The molecular weight excluding hydrogens is 566 g/mol. The smallest absolute Gasteiger partial charge is 0.410 e. The number of carbonyl (C=O) groups excluding carboxylic acids is 2. The summed E-state index contributed by atoms with van der Waals surface area (Å²) >= 11 is 6.67. The molecule has 0 unspecified atom stereocenters. The number of amides is 1. The topological polar surface area (TPSA) is 110 Å². The quantitative estimate of drug-likeness (QED) is 0.356. The van der Waals surface area contributed by atoms with E-state index in [0.717, 1.165) is 11.1 Å². The Kier molecular flexibility index (Phi) is 7.85. The van der Waals surface area contributed by atoms with Crippen molar-refractivity contribution in [1.82, 2.24) is 4.90 Å². The summed E-state index contributed by atoms with van der Waals surface area (Å²) < 4.78 is 34.7. The van der Waals surface area contributed by atoms with E-state index in [1.54, 1.807) is 42.2 Å². The molecule has 3 aromatic rings. The number of piperidine rings is 1. The van der Waals surface area contributed by atoms with Crippen LogP contribution in [0, 0.1) is 6.92 Å². The number of aliphatic hydroxyl groups is 1. The number of aryl methyl sites for hydroxylation is 1. The number of rotatable bonds is 6. The molecule has 214 valence electrons. The molecule has 41 heavy (non-hydrogen) atoms. The molecule has 0 radical (unpaired) electrons. The molecule has 1 amide bonds. The minimum absolute atomic E-state index is 0.0573. The molecule has 2 heterocycles. The monoisotopic (exact) mass is 595 g/mol. The largest absolute Gasteiger partial charge is 0.507 e. The highest BCUT2D eigenvalue weighted by molar-refractivity contribution is 7.89. The van der Waals surface area contributed by atoms with Crippen molar-refractivity contribution < 1.29 is 32.6 Å². The molecule has 0 aliphatic carbocycles. The van der Waals surface area contributed by atoms with Gasteiger partial charge in [0.05, 0.1) is 5.75 Å². The van der Waals surface area contributed by atoms with Crippen LogP contribution in [0.4, 0.5) is 4.79 Å². The van der Waals surface area contributed by atoms with Crippen molar-refractivity contribution in [2.75, 3.05) is 19.3 Å². The second-order valence-electron chi connectivity index (χ2n) is 10.6. The molecule has 5 rings (SSSR count). The first kappa shape index (κ1) is 28.7. The van der Waals surface area contributed by atoms with Gasteiger partial charge >= 0.3 is 12.1 Å². The average molecular weight is 596 g/mol. The predicted molar refractivity (Wildman–Crippen MR) is 156 cm³/mol. The molecule has 2 aliphatic rings. The van der Waals surface area contributed by atoms with Gasteiger partial charge < -0.3 is 19.5 Å². The van der Waals surface area contributed by atoms with Gasteiger partial charge in [-0.15, -0.1) is 0 Å². The van der Waals surface area contributed by atoms with Crippen LogP contribution in [0.2, 0.25) is 5.02 Å². The lowest BCUT2D eigenvalue weighted by Crippen LogP contribution is -2.48. The molecule has 0 aromatic heterocycles. The van der Waals surface area contributed by atoms with Crippen LogP contribution in [-0.2, 0) is 36.5 Å². The van der Waals surface area contributed by atoms with Gasteiger partial charge in [-0.1, -0.05) is 66.2 Å². The molecule has 0 saturated carbocycles. The highest BCUT2D eigenvalue weighted by Crippen LogP contribution is 2.45. The molecule has 0 atom stereocenters. The minimum atomic E-state index is -3.21. The van der Waals surface area contributed by atoms with Crippen LogP contribution < -0.4 is 0 Å². The summed E-state index contributed by atoms with van der Waals surface area (Å²) in [6.45, 7) is 2.46. The third-order valence-electron chi connectivity index (χ3n) is 7.45. The first-order valence-corrected chi connectivity index (χ1v) is 15.6. The molecular formula is C31H30ClNO7S. The molecule has 10 heteroatoms. The highest BCUT2D eigenvalue weighted by atomic mass is 35.5. The number of likely N-dealkylation sites (tertiary alicyclic amines) is 1. The van der Waals surface area contributed by atoms with E-state index < -0.39 is 27.5 Å². The molecule has 1 spiro atoms. The second-order valence-corrected chi connectivity index (χ2v) is 13.1. The van der Waals surface area contributed by atoms with E-state index in [-0.39, 0.29) is 49.6 Å². The highest BCUT2D eigenvalue weighted by Gasteiger charge is 2.51. The van der Waals surface area contributed by atoms with Gasteiger partial charge in [0, 0.05) is 42.8 Å². The van der Waals surface area contributed by atoms with Crippen molar-refractivity contribution in [2.45, 2.75) is 37.7 Å². The molecule has 1 saturated heterocycles. The number of hydrogen-bond acceptors (Lipinski definition) is 7. The maximum Gasteiger partial charge on any atom is 0.410 e. The zero-order chi connectivity index (χ0) is 29.4. The predicted octanol–water partition coefficient (Wildman–Crippen LogP) is 5.86. The fourth-order valence-corrected chi connectivity index (χ4v) is 6.40. The van der Waals surface area contributed by atoms with Gasteiger partial charge in [-0.05, 0) is 46.9 Å². The van der Waals surface area contributed by atoms with Gasteiger partial charge in [-0.3, -0.25) is 0 Å². The number of halogens is 1. The Morgan fingerprint density at radius 1 is 1.02 bits per heavy atom. The third-order valence-corrected chi connectivity index (χ3v) is 8.62. The molecule has 8 nitrogen and oxygen atoms in total. The Labute approximate surface area is 244 Å². The van der Waals surface area contributed by atoms with Crippen molar-refractivity contribution in [2.24, 2.45) is 0 Å². The Balaban J connectivity index is 1.34. The van der Waals surface area contributed by atoms with Crippen molar-refractivity contribution in [1.29, 1.82) is 0 Å². The van der Waals surface area contributed by atoms with E-state index >= 15 is 0 Å². The van der Waals surface area contributed by atoms with Crippen LogP contribution in [0.3, 0.4) is 0 Å². The standard InChI is InChI=1S/C31H30ClNO7S/c1-20-15-25(23-10-6-9-22(16-23)19-41(2,37)38)26(32)17-24(20)27-28(34)31(40-29(27)35)11-13-33(14-12-31)30(36)39-18-21-7-4-3-5-8-21/h3-10,15-17,34H,11-14,18-19H2,1-2H3. The molecule has 1 N–H and O–H groups in total. The van der Waals surface area contributed by atoms with Crippen LogP contribution in [-0.4, -0.2) is 55.4 Å². The van der Waals surface area contributed by atoms with Crippen molar-refractivity contribution in [3.05, 3.63) is 99.8 Å². The third kappa shape index (κ3) is 6.11. The second kappa shape index (κ2) is 11.2. The zero-order valence-electron chi connectivity index (χ0n) is 22.7. The molecule has 1 fully saturated rings. The lowest BCUT2D eigenvalue weighted by atomic mass is 9.86. The number of benzene rings is 3. The zero-order valence-corrected chi connectivity index (χ0v) is 24.3. The summed E-state index contributed by atoms with van der Waals surface area (Å²) in [5, 5.41) is 11.7. The van der Waals surface area contributed by atoms with Crippen LogP contribution in [0.1, 0.15) is 35.1 Å². The number of esters is 1. The molecule has 3 aromatic carbocycles. The van der Waals surface area contributed by atoms with E-state index in [0.29, 0.717) is 27.3 Å². The summed E-state index contributed by atoms with van der Waals surface area (Å²) in [5.74, 6) is -0.904. The van der Waals surface area contributed by atoms with E-state index in [9.17, 15) is 23.1 Å². The van der Waals surface area contributed by atoms with Crippen molar-refractivity contribution in [3.63, 3.8) is 0 Å². The lowest BCUT2D eigenvalue weighted by Gasteiger charge is -2.37. The fraction of sp³-hybridized carbons (Fsp3) is 0.290. The van der Waals surface area contributed by atoms with Gasteiger partial charge in [0.25, 0.3) is 0 Å². The Morgan fingerprint density at radius 3 is 2.39 bits per heavy atom. The van der Waals surface area contributed by atoms with E-state index in [4.69, 9.17) is 21.1 Å². The maximum absolute atomic E-state index is 13.1. The Morgan fingerprint density at radius 2 is 1.71 bits per heavy atom. The summed E-state index contributed by atoms with van der Waals surface area (Å²) in [4.78, 5) is 27.2. The maximum atomic E-state index is 13.1. The minimum Gasteiger partial charge on any atom is -0.507 e. The van der Waals surface area contributed by atoms with Gasteiger partial charge in [-0.25, -0.2) is 18.0 Å². The van der Waals surface area contributed by atoms with Crippen LogP contribution in [0.15, 0.2) is 72.5 Å². The van der Waals surface area contributed by atoms with Crippen LogP contribution in [0.25, 0.3) is 16.7 Å². The summed E-state index contributed by atoms with van der Waals surface area (Å²) in [5.41, 5.74) is 2.91. The van der Waals surface area contributed by atoms with Gasteiger partial charge in [-0.2, -0.15) is 0 Å². The number of hydrogen-bond donors (Lipinski definition) is 1. The van der Waals surface area contributed by atoms with Crippen LogP contribution >= 0.6 is 11.6 Å². The van der Waals surface area contributed by atoms with Crippen molar-refractivity contribution in [3.8, 4) is 11.1 Å². The van der Waals surface area contributed by atoms with E-state index in [2.05, 4.69) is 0 Å². The number of carbonyl (C=O) groups is 2. The van der Waals surface area contributed by atoms with Gasteiger partial charge in [0.15, 0.2) is 21.2 Å². The normalized spacial score (nSPS) is 16.7. The average Bonchev–Trinajstić information content (AvgIpc) is 3.16. The first-order chi connectivity index (χ1) is 19.5. The van der Waals surface area contributed by atoms with Gasteiger partial charge in [0.1, 0.15) is 12.2 Å². The Bertz CT molecular complexity index is 1640. The van der Waals surface area contributed by atoms with E-state index in [1.165, 1.54) is 6.26 Å². The summed E-state index contributed by atoms with van der Waals surface area (Å²) in [6, 6.07) is 19.9. The van der Waals surface area contributed by atoms with Gasteiger partial charge in [0.2, 0.25) is 0 Å². The van der Waals surface area contributed by atoms with E-state index in [1.807, 2.05) is 36.4 Å². The Hall–Kier alpha value is -3.82. The number of ether oxygens (including phenoxy) is 2. The summed E-state index contributed by atoms with van der Waals surface area (Å²) in [6.07, 6.45) is 1.18. The number of nitrogens with zero attached hydrogens (tertiary/aromatic N) is 1. The number of sulfone groups is 1. The fourth-order valence-electron chi connectivity index (χ4n) is 5.34. The number of aliphatic hydroxyl groups excluding tert-OH is 1. The summed E-state index contributed by atoms with van der Waals surface area (Å²) in [7, 11) is -3.21.